The van der Waals surface area contributed by atoms with Gasteiger partial charge < -0.3 is 30.2 Å². The fraction of sp³-hybridized carbons (Fsp3) is 0.727. The Bertz CT molecular complexity index is 842. The molecule has 3 amide bonds. The van der Waals surface area contributed by atoms with Crippen molar-refractivity contribution < 1.29 is 28.6 Å². The molecule has 9 heteroatoms. The highest BCUT2D eigenvalue weighted by Crippen LogP contribution is 2.29. The van der Waals surface area contributed by atoms with Crippen LogP contribution in [0, 0.1) is 0 Å². The van der Waals surface area contributed by atoms with Gasteiger partial charge in [-0.1, -0.05) is 96.3 Å². The third kappa shape index (κ3) is 12.1. The smallest absolute Gasteiger partial charge is 0.410 e. The second-order valence-electron chi connectivity index (χ2n) is 12.4. The van der Waals surface area contributed by atoms with Gasteiger partial charge in [0, 0.05) is 36.3 Å². The predicted molar refractivity (Wildman–Crippen MR) is 162 cm³/mol. The summed E-state index contributed by atoms with van der Waals surface area (Å²) in [5.41, 5.74) is 0. The third-order valence-electron chi connectivity index (χ3n) is 8.77. The van der Waals surface area contributed by atoms with Gasteiger partial charge >= 0.3 is 18.3 Å². The van der Waals surface area contributed by atoms with Crippen LogP contribution in [0.3, 0.4) is 0 Å². The molecular formula is C33H51N3O6. The monoisotopic (exact) mass is 585 g/mol. The summed E-state index contributed by atoms with van der Waals surface area (Å²) < 4.78 is 16.5. The van der Waals surface area contributed by atoms with Crippen molar-refractivity contribution in [3.05, 3.63) is 18.2 Å². The molecule has 9 nitrogen and oxygen atoms in total. The van der Waals surface area contributed by atoms with Crippen molar-refractivity contribution >= 4 is 18.3 Å². The molecule has 4 saturated carbocycles. The Morgan fingerprint density at radius 1 is 0.405 bits per heavy atom. The minimum absolute atomic E-state index is 0.0870. The van der Waals surface area contributed by atoms with Crippen molar-refractivity contribution in [2.24, 2.45) is 0 Å². The number of nitrogens with one attached hydrogen (secondary N) is 3. The lowest BCUT2D eigenvalue weighted by Crippen LogP contribution is -2.38. The van der Waals surface area contributed by atoms with Gasteiger partial charge in [-0.05, 0) is 38.5 Å². The maximum atomic E-state index is 12.5. The normalized spacial score (nSPS) is 20.3. The van der Waals surface area contributed by atoms with Gasteiger partial charge in [0.1, 0.15) is 17.2 Å². The lowest BCUT2D eigenvalue weighted by atomic mass is 9.96. The van der Waals surface area contributed by atoms with Crippen molar-refractivity contribution in [3.63, 3.8) is 0 Å². The number of rotatable bonds is 6. The first kappa shape index (κ1) is 32.0. The van der Waals surface area contributed by atoms with Gasteiger partial charge in [-0.2, -0.15) is 0 Å². The lowest BCUT2D eigenvalue weighted by molar-refractivity contribution is 0.188. The summed E-state index contributed by atoms with van der Waals surface area (Å²) >= 11 is 0. The second-order valence-corrected chi connectivity index (χ2v) is 12.4. The van der Waals surface area contributed by atoms with Crippen LogP contribution in [0.2, 0.25) is 0 Å². The molecule has 4 aliphatic rings. The van der Waals surface area contributed by atoms with Gasteiger partial charge in [-0.15, -0.1) is 0 Å². The zero-order valence-electron chi connectivity index (χ0n) is 25.3. The molecular weight excluding hydrogens is 534 g/mol. The summed E-state index contributed by atoms with van der Waals surface area (Å²) in [6.45, 7) is 0. The van der Waals surface area contributed by atoms with Gasteiger partial charge in [-0.25, -0.2) is 14.4 Å². The van der Waals surface area contributed by atoms with Gasteiger partial charge in [0.05, 0.1) is 0 Å². The molecule has 0 spiro atoms. The van der Waals surface area contributed by atoms with Crippen molar-refractivity contribution in [3.8, 4) is 17.2 Å². The first-order valence-corrected chi connectivity index (χ1v) is 16.6. The highest BCUT2D eigenvalue weighted by Gasteiger charge is 2.21. The number of hydrogen-bond acceptors (Lipinski definition) is 6. The van der Waals surface area contributed by atoms with Crippen LogP contribution < -0.4 is 30.2 Å². The molecule has 0 radical (unpaired) electrons. The van der Waals surface area contributed by atoms with Crippen LogP contribution in [-0.4, -0.2) is 36.4 Å². The molecule has 0 atom stereocenters. The van der Waals surface area contributed by atoms with E-state index in [0.29, 0.717) is 0 Å². The Balaban J connectivity index is 0.000000600. The molecule has 0 unspecified atom stereocenters. The summed E-state index contributed by atoms with van der Waals surface area (Å²) in [7, 11) is 0. The van der Waals surface area contributed by atoms with Crippen LogP contribution in [0.4, 0.5) is 14.4 Å². The molecule has 0 heterocycles. The molecule has 0 bridgehead atoms. The largest absolute Gasteiger partial charge is 0.412 e. The minimum Gasteiger partial charge on any atom is -0.410 e. The SMILES string of the molecule is C1CCCCC1.O=C(NC1CCCCC1)Oc1cc(OC(=O)NC2CCCCC2)cc(OC(=O)NC2CCCCC2)c1. The van der Waals surface area contributed by atoms with E-state index in [4.69, 9.17) is 14.2 Å². The van der Waals surface area contributed by atoms with E-state index in [2.05, 4.69) is 16.0 Å². The molecule has 3 N–H and O–H groups in total. The van der Waals surface area contributed by atoms with E-state index in [9.17, 15) is 14.4 Å². The molecule has 1 aromatic carbocycles. The van der Waals surface area contributed by atoms with Gasteiger partial charge in [0.2, 0.25) is 0 Å². The van der Waals surface area contributed by atoms with Crippen LogP contribution in [0.5, 0.6) is 17.2 Å². The van der Waals surface area contributed by atoms with Crippen molar-refractivity contribution in [1.29, 1.82) is 0 Å². The van der Waals surface area contributed by atoms with Crippen LogP contribution in [0.25, 0.3) is 0 Å². The summed E-state index contributed by atoms with van der Waals surface area (Å²) in [5.74, 6) is 0.394. The third-order valence-corrected chi connectivity index (χ3v) is 8.77. The van der Waals surface area contributed by atoms with Crippen molar-refractivity contribution in [2.45, 2.75) is 153 Å². The molecule has 42 heavy (non-hydrogen) atoms. The maximum Gasteiger partial charge on any atom is 0.412 e. The topological polar surface area (TPSA) is 115 Å². The van der Waals surface area contributed by atoms with E-state index in [1.54, 1.807) is 0 Å². The molecule has 0 aromatic heterocycles. The standard InChI is InChI=1S/C27H39N3O6.C6H12/c31-25(28-19-10-4-1-5-11-19)34-22-16-23(35-26(32)29-20-12-6-2-7-13-20)18-24(17-22)36-27(33)30-21-14-8-3-9-15-21;1-2-4-6-5-3-1/h16-21H,1-15H2,(H,28,31)(H,29,32)(H,30,33);1-6H2. The van der Waals surface area contributed by atoms with Crippen LogP contribution in [0.15, 0.2) is 18.2 Å². The molecule has 234 valence electrons. The highest BCUT2D eigenvalue weighted by atomic mass is 16.6. The number of ether oxygens (including phenoxy) is 3. The van der Waals surface area contributed by atoms with E-state index in [0.717, 1.165) is 77.0 Å². The Morgan fingerprint density at radius 2 is 0.619 bits per heavy atom. The average molecular weight is 586 g/mol. The van der Waals surface area contributed by atoms with E-state index in [-0.39, 0.29) is 35.4 Å². The lowest BCUT2D eigenvalue weighted by Gasteiger charge is -2.23. The van der Waals surface area contributed by atoms with E-state index < -0.39 is 18.3 Å². The van der Waals surface area contributed by atoms with Crippen LogP contribution >= 0.6 is 0 Å². The molecule has 4 aliphatic carbocycles. The van der Waals surface area contributed by atoms with Crippen molar-refractivity contribution in [2.75, 3.05) is 0 Å². The van der Waals surface area contributed by atoms with Crippen LogP contribution in [0.1, 0.15) is 135 Å². The van der Waals surface area contributed by atoms with Gasteiger partial charge in [0.25, 0.3) is 0 Å². The number of hydrogen-bond donors (Lipinski definition) is 3. The Hall–Kier alpha value is -2.97. The van der Waals surface area contributed by atoms with Crippen LogP contribution in [-0.2, 0) is 0 Å². The van der Waals surface area contributed by atoms with Crippen molar-refractivity contribution in [1.82, 2.24) is 16.0 Å². The Morgan fingerprint density at radius 3 is 0.857 bits per heavy atom. The van der Waals surface area contributed by atoms with E-state index >= 15 is 0 Å². The summed E-state index contributed by atoms with van der Waals surface area (Å²) in [5, 5.41) is 8.68. The minimum atomic E-state index is -0.580. The Labute approximate surface area is 251 Å². The number of carbonyl (C=O) groups excluding carboxylic acids is 3. The van der Waals surface area contributed by atoms with E-state index in [1.807, 2.05) is 0 Å². The zero-order chi connectivity index (χ0) is 29.4. The molecule has 4 fully saturated rings. The molecule has 0 saturated heterocycles. The quantitative estimate of drug-likeness (QED) is 0.309. The fourth-order valence-electron chi connectivity index (χ4n) is 6.43. The molecule has 5 rings (SSSR count). The predicted octanol–water partition coefficient (Wildman–Crippen LogP) is 8.29. The summed E-state index contributed by atoms with van der Waals surface area (Å²) in [6, 6.07) is 4.61. The second kappa shape index (κ2) is 17.9. The van der Waals surface area contributed by atoms with Gasteiger partial charge in [-0.3, -0.25) is 0 Å². The van der Waals surface area contributed by atoms with Gasteiger partial charge in [0.15, 0.2) is 0 Å². The zero-order valence-corrected chi connectivity index (χ0v) is 25.3. The number of amides is 3. The highest BCUT2D eigenvalue weighted by molar-refractivity contribution is 5.74. The number of carbonyl (C=O) groups is 3. The molecule has 1 aromatic rings. The Kier molecular flexibility index (Phi) is 13.6. The summed E-state index contributed by atoms with van der Waals surface area (Å²) in [6.07, 6.45) is 22.8. The summed E-state index contributed by atoms with van der Waals surface area (Å²) in [4.78, 5) is 37.5. The van der Waals surface area contributed by atoms with E-state index in [1.165, 1.54) is 76.0 Å². The average Bonchev–Trinajstić information content (AvgIpc) is 2.99. The first-order chi connectivity index (χ1) is 20.5. The first-order valence-electron chi connectivity index (χ1n) is 16.6. The fourth-order valence-corrected chi connectivity index (χ4v) is 6.43. The maximum absolute atomic E-state index is 12.5. The number of benzene rings is 1. The molecule has 0 aliphatic heterocycles.